The van der Waals surface area contributed by atoms with Gasteiger partial charge in [-0.3, -0.25) is 0 Å². The van der Waals surface area contributed by atoms with Gasteiger partial charge in [-0.05, 0) is 6.58 Å². The Bertz CT molecular complexity index is 280. The van der Waals surface area contributed by atoms with E-state index in [1.165, 1.54) is 0 Å². The SMILES string of the molecule is C=C1OC(C(F)(F)F)C(F)(C(F)(F)F)O1. The van der Waals surface area contributed by atoms with Gasteiger partial charge in [0.2, 0.25) is 0 Å². The molecule has 1 rings (SSSR count). The molecule has 0 saturated carbocycles. The number of hydrogen-bond acceptors (Lipinski definition) is 2. The molecule has 0 aromatic heterocycles. The lowest BCUT2D eigenvalue weighted by Crippen LogP contribution is -2.54. The molecule has 0 amide bonds. The predicted molar refractivity (Wildman–Crippen MR) is 31.0 cm³/mol. The Morgan fingerprint density at radius 3 is 1.87 bits per heavy atom. The van der Waals surface area contributed by atoms with Crippen LogP contribution in [0, 0.1) is 0 Å². The smallest absolute Gasteiger partial charge is 0.445 e. The Morgan fingerprint density at radius 1 is 1.13 bits per heavy atom. The van der Waals surface area contributed by atoms with Gasteiger partial charge >= 0.3 is 18.2 Å². The lowest BCUT2D eigenvalue weighted by Gasteiger charge is -2.26. The van der Waals surface area contributed by atoms with Gasteiger partial charge in [0, 0.05) is 0 Å². The number of rotatable bonds is 0. The van der Waals surface area contributed by atoms with Crippen molar-refractivity contribution in [1.82, 2.24) is 0 Å². The average molecular weight is 240 g/mol. The molecule has 1 aliphatic rings. The van der Waals surface area contributed by atoms with Crippen LogP contribution in [0.3, 0.4) is 0 Å². The third-order valence-corrected chi connectivity index (χ3v) is 1.53. The van der Waals surface area contributed by atoms with Crippen molar-refractivity contribution in [3.8, 4) is 0 Å². The van der Waals surface area contributed by atoms with Crippen molar-refractivity contribution in [2.45, 2.75) is 24.3 Å². The maximum Gasteiger partial charge on any atom is 0.464 e. The summed E-state index contributed by atoms with van der Waals surface area (Å²) < 4.78 is 91.7. The largest absolute Gasteiger partial charge is 0.464 e. The van der Waals surface area contributed by atoms with Crippen molar-refractivity contribution in [3.05, 3.63) is 12.5 Å². The summed E-state index contributed by atoms with van der Waals surface area (Å²) in [6.07, 6.45) is -15.2. The fourth-order valence-corrected chi connectivity index (χ4v) is 0.934. The predicted octanol–water partition coefficient (Wildman–Crippen LogP) is 2.66. The number of ether oxygens (including phenoxy) is 2. The summed E-state index contributed by atoms with van der Waals surface area (Å²) in [6, 6.07) is 0. The Kier molecular flexibility index (Phi) is 2.32. The summed E-state index contributed by atoms with van der Waals surface area (Å²) in [5.41, 5.74) is 0. The molecule has 9 heteroatoms. The molecule has 0 aromatic carbocycles. The lowest BCUT2D eigenvalue weighted by molar-refractivity contribution is -0.350. The van der Waals surface area contributed by atoms with E-state index in [-0.39, 0.29) is 0 Å². The van der Waals surface area contributed by atoms with E-state index in [2.05, 4.69) is 16.1 Å². The van der Waals surface area contributed by atoms with Gasteiger partial charge in [-0.2, -0.15) is 30.7 Å². The second kappa shape index (κ2) is 2.92. The molecule has 1 saturated heterocycles. The van der Waals surface area contributed by atoms with E-state index < -0.39 is 30.3 Å². The van der Waals surface area contributed by atoms with E-state index in [9.17, 15) is 30.7 Å². The van der Waals surface area contributed by atoms with Gasteiger partial charge in [0.15, 0.2) is 0 Å². The van der Waals surface area contributed by atoms with Gasteiger partial charge in [0.05, 0.1) is 0 Å². The normalized spacial score (nSPS) is 32.5. The summed E-state index contributed by atoms with van der Waals surface area (Å²) in [7, 11) is 0. The van der Waals surface area contributed by atoms with Gasteiger partial charge < -0.3 is 9.47 Å². The minimum Gasteiger partial charge on any atom is -0.445 e. The quantitative estimate of drug-likeness (QED) is 0.606. The molecular formula is C6H3F7O2. The van der Waals surface area contributed by atoms with Crippen molar-refractivity contribution in [1.29, 1.82) is 0 Å². The molecule has 15 heavy (non-hydrogen) atoms. The first kappa shape index (κ1) is 11.9. The van der Waals surface area contributed by atoms with Crippen molar-refractivity contribution >= 4 is 0 Å². The van der Waals surface area contributed by atoms with Crippen LogP contribution in [0.4, 0.5) is 30.7 Å². The zero-order chi connectivity index (χ0) is 12.1. The fourth-order valence-electron chi connectivity index (χ4n) is 0.934. The van der Waals surface area contributed by atoms with E-state index in [0.29, 0.717) is 0 Å². The standard InChI is InChI=1S/C6H3F7O2/c1-2-14-3(5(8,9)10)4(7,15-2)6(11,12)13/h3H,1H2. The summed E-state index contributed by atoms with van der Waals surface area (Å²) in [6.45, 7) is 2.54. The zero-order valence-electron chi connectivity index (χ0n) is 6.75. The molecule has 0 radical (unpaired) electrons. The molecule has 0 spiro atoms. The van der Waals surface area contributed by atoms with Gasteiger partial charge in [-0.25, -0.2) is 0 Å². The number of hydrogen-bond donors (Lipinski definition) is 0. The molecule has 0 bridgehead atoms. The third kappa shape index (κ3) is 1.82. The van der Waals surface area contributed by atoms with Gasteiger partial charge in [0.25, 0.3) is 12.0 Å². The molecule has 2 unspecified atom stereocenters. The van der Waals surface area contributed by atoms with E-state index in [4.69, 9.17) is 0 Å². The summed E-state index contributed by atoms with van der Waals surface area (Å²) in [5, 5.41) is 0. The first-order valence-corrected chi connectivity index (χ1v) is 3.35. The second-order valence-corrected chi connectivity index (χ2v) is 2.66. The molecule has 1 fully saturated rings. The summed E-state index contributed by atoms with van der Waals surface area (Å²) >= 11 is 0. The van der Waals surface area contributed by atoms with Crippen LogP contribution in [0.1, 0.15) is 0 Å². The van der Waals surface area contributed by atoms with Gasteiger partial charge in [-0.15, -0.1) is 0 Å². The fraction of sp³-hybridized carbons (Fsp3) is 0.667. The van der Waals surface area contributed by atoms with Crippen LogP contribution in [0.15, 0.2) is 12.5 Å². The average Bonchev–Trinajstić information content (AvgIpc) is 2.24. The van der Waals surface area contributed by atoms with Crippen LogP contribution < -0.4 is 0 Å². The number of alkyl halides is 7. The highest BCUT2D eigenvalue weighted by atomic mass is 19.4. The Balaban J connectivity index is 3.12. The highest BCUT2D eigenvalue weighted by Crippen LogP contribution is 2.50. The van der Waals surface area contributed by atoms with E-state index >= 15 is 0 Å². The molecule has 88 valence electrons. The highest BCUT2D eigenvalue weighted by molar-refractivity contribution is 5.00. The lowest BCUT2D eigenvalue weighted by atomic mass is 10.1. The van der Waals surface area contributed by atoms with Crippen molar-refractivity contribution in [2.24, 2.45) is 0 Å². The summed E-state index contributed by atoms with van der Waals surface area (Å²) in [4.78, 5) is 0. The molecule has 1 heterocycles. The molecule has 2 nitrogen and oxygen atoms in total. The minimum atomic E-state index is -5.87. The molecule has 1 aliphatic heterocycles. The van der Waals surface area contributed by atoms with Gasteiger partial charge in [-0.1, -0.05) is 0 Å². The van der Waals surface area contributed by atoms with E-state index in [1.807, 2.05) is 0 Å². The van der Waals surface area contributed by atoms with E-state index in [1.54, 1.807) is 0 Å². The van der Waals surface area contributed by atoms with E-state index in [0.717, 1.165) is 0 Å². The van der Waals surface area contributed by atoms with Crippen LogP contribution in [-0.4, -0.2) is 24.3 Å². The van der Waals surface area contributed by atoms with Crippen molar-refractivity contribution in [3.63, 3.8) is 0 Å². The van der Waals surface area contributed by atoms with Crippen LogP contribution in [0.5, 0.6) is 0 Å². The highest BCUT2D eigenvalue weighted by Gasteiger charge is 2.76. The Labute approximate surface area is 78.3 Å². The first-order chi connectivity index (χ1) is 6.48. The van der Waals surface area contributed by atoms with Crippen LogP contribution in [0.2, 0.25) is 0 Å². The second-order valence-electron chi connectivity index (χ2n) is 2.66. The molecule has 0 aromatic rings. The maximum atomic E-state index is 13.0. The number of halogens is 7. The van der Waals surface area contributed by atoms with Crippen LogP contribution >= 0.6 is 0 Å². The van der Waals surface area contributed by atoms with Gasteiger partial charge in [0.1, 0.15) is 0 Å². The molecule has 2 atom stereocenters. The summed E-state index contributed by atoms with van der Waals surface area (Å²) in [5.74, 6) is -6.31. The first-order valence-electron chi connectivity index (χ1n) is 3.35. The van der Waals surface area contributed by atoms with Crippen LogP contribution in [0.25, 0.3) is 0 Å². The monoisotopic (exact) mass is 240 g/mol. The Morgan fingerprint density at radius 2 is 1.60 bits per heavy atom. The molecule has 0 N–H and O–H groups in total. The Hall–Kier alpha value is -1.15. The minimum absolute atomic E-state index is 1.36. The molecule has 0 aliphatic carbocycles. The van der Waals surface area contributed by atoms with Crippen LogP contribution in [-0.2, 0) is 9.47 Å². The topological polar surface area (TPSA) is 18.5 Å². The van der Waals surface area contributed by atoms with Crippen molar-refractivity contribution in [2.75, 3.05) is 0 Å². The zero-order valence-corrected chi connectivity index (χ0v) is 6.75. The van der Waals surface area contributed by atoms with Crippen molar-refractivity contribution < 1.29 is 40.2 Å². The molecular weight excluding hydrogens is 237 g/mol. The third-order valence-electron chi connectivity index (χ3n) is 1.53. The maximum absolute atomic E-state index is 13.0.